The smallest absolute Gasteiger partial charge is 0.145 e. The highest BCUT2D eigenvalue weighted by Crippen LogP contribution is 1.91. The molecule has 0 aromatic heterocycles. The van der Waals surface area contributed by atoms with Crippen LogP contribution >= 0.6 is 0 Å². The Hall–Kier alpha value is 0.0969. The predicted molar refractivity (Wildman–Crippen MR) is 42.2 cm³/mol. The molecule has 0 heterocycles. The van der Waals surface area contributed by atoms with Crippen molar-refractivity contribution in [2.24, 2.45) is 11.5 Å². The maximum Gasteiger partial charge on any atom is 0.145 e. The van der Waals surface area contributed by atoms with Gasteiger partial charge in [0.25, 0.3) is 0 Å². The van der Waals surface area contributed by atoms with Crippen LogP contribution in [0.2, 0.25) is 0 Å². The van der Waals surface area contributed by atoms with Crippen molar-refractivity contribution in [3.63, 3.8) is 0 Å². The molecule has 0 aliphatic carbocycles. The molecule has 3 nitrogen and oxygen atoms in total. The van der Waals surface area contributed by atoms with Gasteiger partial charge in [-0.3, -0.25) is 0 Å². The van der Waals surface area contributed by atoms with E-state index in [0.29, 0.717) is 6.54 Å². The third-order valence-electron chi connectivity index (χ3n) is 1.23. The Morgan fingerprint density at radius 1 is 1.44 bits per heavy atom. The zero-order valence-corrected chi connectivity index (χ0v) is 7.97. The molecule has 0 amide bonds. The van der Waals surface area contributed by atoms with Crippen LogP contribution in [0, 0.1) is 0 Å². The fourth-order valence-corrected chi connectivity index (χ4v) is 0.863. The van der Waals surface area contributed by atoms with E-state index in [0.717, 1.165) is 29.9 Å². The van der Waals surface area contributed by atoms with Crippen molar-refractivity contribution in [2.75, 3.05) is 13.2 Å². The van der Waals surface area contributed by atoms with Crippen LogP contribution in [0.3, 0.4) is 0 Å². The first-order chi connectivity index (χ1) is 4.31. The summed E-state index contributed by atoms with van der Waals surface area (Å²) in [6, 6.07) is 0.240. The number of rotatable bonds is 5. The van der Waals surface area contributed by atoms with Gasteiger partial charge in [0.2, 0.25) is 0 Å². The molecule has 0 radical (unpaired) electrons. The normalized spacial score (nSPS) is 14.0. The van der Waals surface area contributed by atoms with E-state index in [9.17, 15) is 0 Å². The maximum atomic E-state index is 5.63. The molecule has 0 aliphatic heterocycles. The second kappa shape index (κ2) is 6.22. The molecule has 9 heavy (non-hydrogen) atoms. The first kappa shape index (κ1) is 9.10. The molecule has 0 aromatic rings. The molecule has 0 bridgehead atoms. The molecule has 0 aromatic carbocycles. The lowest BCUT2D eigenvalue weighted by molar-refractivity contribution is 0.321. The van der Waals surface area contributed by atoms with Crippen molar-refractivity contribution in [1.82, 2.24) is 0 Å². The SMILES string of the molecule is NCCC(N)CCO[SiH3]. The van der Waals surface area contributed by atoms with Crippen LogP contribution in [-0.4, -0.2) is 29.7 Å². The van der Waals surface area contributed by atoms with Crippen LogP contribution in [-0.2, 0) is 4.43 Å². The van der Waals surface area contributed by atoms with Gasteiger partial charge in [-0.1, -0.05) is 0 Å². The predicted octanol–water partition coefficient (Wildman–Crippen LogP) is -1.65. The summed E-state index contributed by atoms with van der Waals surface area (Å²) in [7, 11) is 0.812. The Balaban J connectivity index is 2.95. The van der Waals surface area contributed by atoms with Crippen LogP contribution in [0.1, 0.15) is 12.8 Å². The van der Waals surface area contributed by atoms with Crippen LogP contribution in [0.5, 0.6) is 0 Å². The van der Waals surface area contributed by atoms with E-state index in [-0.39, 0.29) is 6.04 Å². The van der Waals surface area contributed by atoms with Crippen molar-refractivity contribution in [3.05, 3.63) is 0 Å². The van der Waals surface area contributed by atoms with Crippen molar-refractivity contribution < 1.29 is 4.43 Å². The van der Waals surface area contributed by atoms with Gasteiger partial charge in [-0.2, -0.15) is 0 Å². The van der Waals surface area contributed by atoms with Crippen LogP contribution < -0.4 is 11.5 Å². The Bertz CT molecular complexity index is 62.9. The summed E-state index contributed by atoms with van der Waals surface area (Å²) in [5.74, 6) is 0. The minimum absolute atomic E-state index is 0.240. The van der Waals surface area contributed by atoms with E-state index < -0.39 is 0 Å². The first-order valence-corrected chi connectivity index (χ1v) is 4.07. The highest BCUT2D eigenvalue weighted by atomic mass is 28.2. The van der Waals surface area contributed by atoms with Crippen molar-refractivity contribution in [1.29, 1.82) is 0 Å². The van der Waals surface area contributed by atoms with Gasteiger partial charge in [0.1, 0.15) is 10.5 Å². The first-order valence-electron chi connectivity index (χ1n) is 3.26. The van der Waals surface area contributed by atoms with Gasteiger partial charge in [0.15, 0.2) is 0 Å². The maximum absolute atomic E-state index is 5.63. The van der Waals surface area contributed by atoms with E-state index in [2.05, 4.69) is 0 Å². The third-order valence-corrected chi connectivity index (χ3v) is 1.64. The molecular weight excluding hydrogens is 132 g/mol. The van der Waals surface area contributed by atoms with Crippen molar-refractivity contribution in [3.8, 4) is 0 Å². The summed E-state index contributed by atoms with van der Waals surface area (Å²) in [6.07, 6.45) is 1.85. The van der Waals surface area contributed by atoms with E-state index in [1.165, 1.54) is 0 Å². The van der Waals surface area contributed by atoms with E-state index in [4.69, 9.17) is 15.9 Å². The molecule has 0 fully saturated rings. The van der Waals surface area contributed by atoms with E-state index in [1.54, 1.807) is 0 Å². The van der Waals surface area contributed by atoms with Crippen LogP contribution in [0.25, 0.3) is 0 Å². The monoisotopic (exact) mass is 148 g/mol. The Morgan fingerprint density at radius 3 is 2.56 bits per heavy atom. The lowest BCUT2D eigenvalue weighted by Gasteiger charge is -2.07. The Labute approximate surface area is 59.3 Å². The van der Waals surface area contributed by atoms with Gasteiger partial charge in [0.05, 0.1) is 0 Å². The quantitative estimate of drug-likeness (QED) is 0.459. The highest BCUT2D eigenvalue weighted by Gasteiger charge is 1.98. The molecule has 0 rings (SSSR count). The van der Waals surface area contributed by atoms with E-state index in [1.807, 2.05) is 0 Å². The minimum Gasteiger partial charge on any atom is -0.428 e. The van der Waals surface area contributed by atoms with Crippen molar-refractivity contribution in [2.45, 2.75) is 18.9 Å². The standard InChI is InChI=1S/C5H16N2OSi/c6-3-1-5(7)2-4-8-9/h5H,1-4,6-7H2,9H3. The van der Waals surface area contributed by atoms with Gasteiger partial charge < -0.3 is 15.9 Å². The second-order valence-corrected chi connectivity index (χ2v) is 2.70. The Kier molecular flexibility index (Phi) is 6.29. The van der Waals surface area contributed by atoms with Gasteiger partial charge in [0, 0.05) is 12.6 Å². The van der Waals surface area contributed by atoms with E-state index >= 15 is 0 Å². The van der Waals surface area contributed by atoms with Crippen molar-refractivity contribution >= 4 is 10.5 Å². The molecule has 1 atom stereocenters. The molecule has 56 valence electrons. The second-order valence-electron chi connectivity index (χ2n) is 2.12. The molecule has 4 N–H and O–H groups in total. The lowest BCUT2D eigenvalue weighted by Crippen LogP contribution is -2.24. The number of nitrogens with two attached hydrogens (primary N) is 2. The van der Waals surface area contributed by atoms with Gasteiger partial charge in [-0.25, -0.2) is 0 Å². The number of hydrogen-bond donors (Lipinski definition) is 2. The average Bonchev–Trinajstić information content (AvgIpc) is 1.85. The molecule has 0 saturated carbocycles. The summed E-state index contributed by atoms with van der Waals surface area (Å²) >= 11 is 0. The summed E-state index contributed by atoms with van der Waals surface area (Å²) in [5.41, 5.74) is 10.9. The molecule has 1 unspecified atom stereocenters. The molecule has 0 saturated heterocycles. The fourth-order valence-electron chi connectivity index (χ4n) is 0.628. The van der Waals surface area contributed by atoms with Gasteiger partial charge in [-0.15, -0.1) is 0 Å². The topological polar surface area (TPSA) is 61.3 Å². The summed E-state index contributed by atoms with van der Waals surface area (Å²) < 4.78 is 4.98. The highest BCUT2D eigenvalue weighted by molar-refractivity contribution is 5.97. The summed E-state index contributed by atoms with van der Waals surface area (Å²) in [6.45, 7) is 1.48. The molecular formula is C5H16N2OSi. The Morgan fingerprint density at radius 2 is 2.11 bits per heavy atom. The summed E-state index contributed by atoms with van der Waals surface area (Å²) in [4.78, 5) is 0. The van der Waals surface area contributed by atoms with Gasteiger partial charge in [-0.05, 0) is 19.4 Å². The number of hydrogen-bond acceptors (Lipinski definition) is 3. The molecule has 0 spiro atoms. The minimum atomic E-state index is 0.240. The molecule has 0 aliphatic rings. The fraction of sp³-hybridized carbons (Fsp3) is 1.00. The lowest BCUT2D eigenvalue weighted by atomic mass is 10.2. The third kappa shape index (κ3) is 5.98. The summed E-state index contributed by atoms with van der Waals surface area (Å²) in [5, 5.41) is 0. The average molecular weight is 148 g/mol. The van der Waals surface area contributed by atoms with Gasteiger partial charge >= 0.3 is 0 Å². The largest absolute Gasteiger partial charge is 0.428 e. The zero-order chi connectivity index (χ0) is 7.11. The molecule has 4 heteroatoms. The van der Waals surface area contributed by atoms with Crippen LogP contribution in [0.15, 0.2) is 0 Å². The van der Waals surface area contributed by atoms with Crippen LogP contribution in [0.4, 0.5) is 0 Å². The zero-order valence-electron chi connectivity index (χ0n) is 5.97.